The summed E-state index contributed by atoms with van der Waals surface area (Å²) >= 11 is 8.89. The highest BCUT2D eigenvalue weighted by Crippen LogP contribution is 2.48. The Morgan fingerprint density at radius 2 is 1.33 bits per heavy atom. The van der Waals surface area contributed by atoms with Crippen LogP contribution in [-0.4, -0.2) is 33.2 Å². The number of thioether (sulfide) groups is 2. The molecule has 1 heterocycles. The maximum Gasteiger partial charge on any atom is 0.228 e. The second-order valence-electron chi connectivity index (χ2n) is 8.10. The van der Waals surface area contributed by atoms with Crippen LogP contribution >= 0.6 is 35.7 Å². The third kappa shape index (κ3) is 5.71. The molecule has 33 heavy (non-hydrogen) atoms. The second kappa shape index (κ2) is 11.9. The van der Waals surface area contributed by atoms with Gasteiger partial charge in [0.15, 0.2) is 0 Å². The minimum atomic E-state index is -0.265. The van der Waals surface area contributed by atoms with Crippen LogP contribution in [0.5, 0.6) is 0 Å². The van der Waals surface area contributed by atoms with E-state index >= 15 is 0 Å². The van der Waals surface area contributed by atoms with Crippen LogP contribution in [0.3, 0.4) is 0 Å². The highest BCUT2D eigenvalue weighted by atomic mass is 32.2. The predicted octanol–water partition coefficient (Wildman–Crippen LogP) is 7.13. The summed E-state index contributed by atoms with van der Waals surface area (Å²) in [5.74, 6) is 2.14. The molecule has 1 aliphatic heterocycles. The van der Waals surface area contributed by atoms with E-state index in [1.165, 1.54) is 16.7 Å². The summed E-state index contributed by atoms with van der Waals surface area (Å²) in [6.45, 7) is 0.770. The highest BCUT2D eigenvalue weighted by Gasteiger charge is 2.36. The van der Waals surface area contributed by atoms with E-state index in [1.54, 1.807) is 16.7 Å². The van der Waals surface area contributed by atoms with Gasteiger partial charge in [-0.2, -0.15) is 0 Å². The molecule has 1 fully saturated rings. The van der Waals surface area contributed by atoms with Gasteiger partial charge < -0.3 is 0 Å². The molecule has 0 N–H and O–H groups in total. The molecule has 1 aliphatic rings. The number of nitrogens with zero attached hydrogens (tertiary/aromatic N) is 1. The average Bonchev–Trinajstić information content (AvgIpc) is 3.31. The maximum absolute atomic E-state index is 12.4. The largest absolute Gasteiger partial charge is 0.297 e. The molecule has 3 aromatic carbocycles. The molecule has 1 amide bonds. The van der Waals surface area contributed by atoms with Gasteiger partial charge in [0.25, 0.3) is 0 Å². The Bertz CT molecular complexity index is 944. The van der Waals surface area contributed by atoms with Crippen molar-refractivity contribution in [3.05, 3.63) is 108 Å². The van der Waals surface area contributed by atoms with Gasteiger partial charge in [-0.3, -0.25) is 9.69 Å². The van der Waals surface area contributed by atoms with Crippen LogP contribution in [0.2, 0.25) is 0 Å². The molecule has 4 rings (SSSR count). The fourth-order valence-corrected chi connectivity index (χ4v) is 7.11. The summed E-state index contributed by atoms with van der Waals surface area (Å²) in [5.41, 5.74) is 3.88. The minimum Gasteiger partial charge on any atom is -0.297 e. The van der Waals surface area contributed by atoms with Gasteiger partial charge in [-0.25, -0.2) is 0 Å². The highest BCUT2D eigenvalue weighted by molar-refractivity contribution is 8.23. The lowest BCUT2D eigenvalue weighted by atomic mass is 9.84. The first-order valence-corrected chi connectivity index (χ1v) is 13.9. The van der Waals surface area contributed by atoms with Crippen LogP contribution in [0.15, 0.2) is 91.0 Å². The van der Waals surface area contributed by atoms with Crippen LogP contribution in [0.1, 0.15) is 42.4 Å². The Kier molecular flexibility index (Phi) is 8.65. The first kappa shape index (κ1) is 24.1. The maximum atomic E-state index is 12.4. The third-order valence-corrected chi connectivity index (χ3v) is 9.02. The van der Waals surface area contributed by atoms with E-state index in [4.69, 9.17) is 12.2 Å². The number of rotatable bonds is 10. The number of benzene rings is 3. The van der Waals surface area contributed by atoms with E-state index in [1.807, 2.05) is 11.8 Å². The molecule has 0 aliphatic carbocycles. The molecule has 0 spiro atoms. The number of unbranched alkanes of at least 4 members (excludes halogenated alkanes) is 2. The van der Waals surface area contributed by atoms with Gasteiger partial charge in [-0.1, -0.05) is 121 Å². The van der Waals surface area contributed by atoms with Gasteiger partial charge >= 0.3 is 0 Å². The van der Waals surface area contributed by atoms with E-state index in [0.29, 0.717) is 6.42 Å². The lowest BCUT2D eigenvalue weighted by Crippen LogP contribution is -2.30. The van der Waals surface area contributed by atoms with Crippen molar-refractivity contribution < 1.29 is 4.79 Å². The summed E-state index contributed by atoms with van der Waals surface area (Å²) in [4.78, 5) is 14.2. The van der Waals surface area contributed by atoms with Crippen LogP contribution in [0.4, 0.5) is 0 Å². The van der Waals surface area contributed by atoms with E-state index < -0.39 is 0 Å². The zero-order valence-electron chi connectivity index (χ0n) is 18.7. The number of hydrogen-bond donors (Lipinski definition) is 0. The van der Waals surface area contributed by atoms with Crippen molar-refractivity contribution in [2.24, 2.45) is 0 Å². The molecule has 0 radical (unpaired) electrons. The van der Waals surface area contributed by atoms with Crippen molar-refractivity contribution in [1.29, 1.82) is 0 Å². The van der Waals surface area contributed by atoms with Crippen LogP contribution in [-0.2, 0) is 9.54 Å². The smallest absolute Gasteiger partial charge is 0.228 e. The van der Waals surface area contributed by atoms with E-state index in [9.17, 15) is 4.79 Å². The Morgan fingerprint density at radius 1 is 0.818 bits per heavy atom. The zero-order chi connectivity index (χ0) is 22.9. The van der Waals surface area contributed by atoms with Crippen molar-refractivity contribution in [1.82, 2.24) is 4.90 Å². The molecule has 170 valence electrons. The lowest BCUT2D eigenvalue weighted by molar-refractivity contribution is -0.126. The van der Waals surface area contributed by atoms with Crippen LogP contribution < -0.4 is 0 Å². The monoisotopic (exact) mass is 491 g/mol. The molecule has 5 heteroatoms. The summed E-state index contributed by atoms with van der Waals surface area (Å²) in [5, 5.41) is 0. The average molecular weight is 492 g/mol. The van der Waals surface area contributed by atoms with Gasteiger partial charge in [-0.05, 0) is 35.3 Å². The molecular formula is C28H29NOS3. The standard InChI is InChI=1S/C28H29NOS3/c30-26(29-20-22-32-27(29)31)19-11-4-12-21-33-28(23-13-5-1-6-14-23,24-15-7-2-8-16-24)25-17-9-3-10-18-25/h1-3,5-10,13-18H,4,11-12,19-22H2. The van der Waals surface area contributed by atoms with Gasteiger partial charge in [0, 0.05) is 18.7 Å². The normalized spacial score (nSPS) is 13.9. The van der Waals surface area contributed by atoms with Crippen molar-refractivity contribution in [2.75, 3.05) is 18.1 Å². The summed E-state index contributed by atoms with van der Waals surface area (Å²) < 4.78 is 0.479. The summed E-state index contributed by atoms with van der Waals surface area (Å²) in [7, 11) is 0. The van der Waals surface area contributed by atoms with E-state index in [2.05, 4.69) is 91.0 Å². The topological polar surface area (TPSA) is 20.3 Å². The van der Waals surface area contributed by atoms with Gasteiger partial charge in [0.2, 0.25) is 5.91 Å². The third-order valence-electron chi connectivity index (χ3n) is 5.96. The number of amides is 1. The first-order chi connectivity index (χ1) is 16.2. The predicted molar refractivity (Wildman–Crippen MR) is 147 cm³/mol. The molecule has 2 nitrogen and oxygen atoms in total. The second-order valence-corrected chi connectivity index (χ2v) is 11.1. The van der Waals surface area contributed by atoms with Crippen LogP contribution in [0.25, 0.3) is 0 Å². The molecule has 3 aromatic rings. The Balaban J connectivity index is 1.47. The molecule has 0 atom stereocenters. The summed E-state index contributed by atoms with van der Waals surface area (Å²) in [6, 6.07) is 32.4. The van der Waals surface area contributed by atoms with Gasteiger partial charge in [-0.15, -0.1) is 11.8 Å². The van der Waals surface area contributed by atoms with Gasteiger partial charge in [0.05, 0.1) is 4.75 Å². The van der Waals surface area contributed by atoms with E-state index in [0.717, 1.165) is 41.6 Å². The van der Waals surface area contributed by atoms with Crippen molar-refractivity contribution in [2.45, 2.75) is 30.4 Å². The molecule has 0 bridgehead atoms. The first-order valence-electron chi connectivity index (χ1n) is 11.5. The van der Waals surface area contributed by atoms with Crippen molar-refractivity contribution in [3.63, 3.8) is 0 Å². The molecule has 0 unspecified atom stereocenters. The Labute approximate surface area is 211 Å². The fraction of sp³-hybridized carbons (Fsp3) is 0.286. The molecule has 0 saturated carbocycles. The number of carbonyl (C=O) groups excluding carboxylic acids is 1. The van der Waals surface area contributed by atoms with Gasteiger partial charge in [0.1, 0.15) is 4.32 Å². The van der Waals surface area contributed by atoms with Crippen LogP contribution in [0, 0.1) is 0 Å². The van der Waals surface area contributed by atoms with Crippen molar-refractivity contribution >= 4 is 46.0 Å². The lowest BCUT2D eigenvalue weighted by Gasteiger charge is -2.35. The van der Waals surface area contributed by atoms with E-state index in [-0.39, 0.29) is 10.7 Å². The minimum absolute atomic E-state index is 0.185. The number of hydrogen-bond acceptors (Lipinski definition) is 4. The Morgan fingerprint density at radius 3 is 1.79 bits per heavy atom. The summed E-state index contributed by atoms with van der Waals surface area (Å²) in [6.07, 6.45) is 3.62. The molecular weight excluding hydrogens is 463 g/mol. The zero-order valence-corrected chi connectivity index (χ0v) is 21.1. The molecule has 0 aromatic heterocycles. The SMILES string of the molecule is O=C(CCCCCSC(c1ccccc1)(c1ccccc1)c1ccccc1)N1CCSC1=S. The number of thiocarbonyl (C=S) groups is 1. The fourth-order valence-electron chi connectivity index (χ4n) is 4.30. The Hall–Kier alpha value is -2.08. The van der Waals surface area contributed by atoms with Crippen molar-refractivity contribution in [3.8, 4) is 0 Å². The molecule has 1 saturated heterocycles. The quantitative estimate of drug-likeness (QED) is 0.171. The number of carbonyl (C=O) groups is 1.